The van der Waals surface area contributed by atoms with Crippen molar-refractivity contribution in [3.8, 4) is 0 Å². The van der Waals surface area contributed by atoms with Gasteiger partial charge in [-0.05, 0) is 0 Å². The van der Waals surface area contributed by atoms with Gasteiger partial charge in [-0.2, -0.15) is 0 Å². The molecule has 0 aromatic heterocycles. The molecule has 24 heavy (non-hydrogen) atoms. The summed E-state index contributed by atoms with van der Waals surface area (Å²) in [6.07, 6.45) is 0. The Morgan fingerprint density at radius 3 is 0.833 bits per heavy atom. The summed E-state index contributed by atoms with van der Waals surface area (Å²) in [6, 6.07) is 0. The van der Waals surface area contributed by atoms with Crippen molar-refractivity contribution in [2.24, 2.45) is 23.7 Å². The zero-order chi connectivity index (χ0) is 17.8. The number of hydrogen-bond donors (Lipinski definition) is 0. The quantitative estimate of drug-likeness (QED) is 0.453. The Kier molecular flexibility index (Phi) is 3.06. The van der Waals surface area contributed by atoms with Crippen LogP contribution in [-0.2, 0) is 9.59 Å². The van der Waals surface area contributed by atoms with E-state index in [4.69, 9.17) is 92.8 Å². The molecule has 0 N–H and O–H groups in total. The van der Waals surface area contributed by atoms with Crippen LogP contribution in [0, 0.1) is 23.7 Å². The molecule has 5 rings (SSSR count). The molecule has 3 fully saturated rings. The average molecular weight is 488 g/mol. The molecule has 5 aliphatic carbocycles. The molecule has 128 valence electrons. The normalized spacial score (nSPS) is 60.2. The largest absolute Gasteiger partial charge is 0.295 e. The highest BCUT2D eigenvalue weighted by Crippen LogP contribution is 2.84. The van der Waals surface area contributed by atoms with Crippen LogP contribution in [0.4, 0.5) is 0 Å². The van der Waals surface area contributed by atoms with E-state index in [9.17, 15) is 9.59 Å². The highest BCUT2D eigenvalue weighted by Gasteiger charge is 2.92. The van der Waals surface area contributed by atoms with E-state index in [1.165, 1.54) is 0 Å². The Morgan fingerprint density at radius 1 is 0.500 bits per heavy atom. The molecule has 0 heterocycles. The van der Waals surface area contributed by atoms with Gasteiger partial charge in [0, 0.05) is 23.7 Å². The minimum absolute atomic E-state index is 0.0177. The minimum Gasteiger partial charge on any atom is -0.295 e. The molecule has 0 saturated heterocycles. The van der Waals surface area contributed by atoms with Gasteiger partial charge < -0.3 is 0 Å². The Balaban J connectivity index is 1.80. The fourth-order valence-corrected chi connectivity index (χ4v) is 9.28. The van der Waals surface area contributed by atoms with Gasteiger partial charge in [-0.25, -0.2) is 0 Å². The highest BCUT2D eigenvalue weighted by atomic mass is 35.5. The fraction of sp³-hybridized carbons (Fsp3) is 0.571. The lowest BCUT2D eigenvalue weighted by atomic mass is 9.49. The Bertz CT molecular complexity index is 723. The Morgan fingerprint density at radius 2 is 0.667 bits per heavy atom. The number of hydrogen-bond acceptors (Lipinski definition) is 2. The molecule has 4 atom stereocenters. The van der Waals surface area contributed by atoms with Gasteiger partial charge in [0.05, 0.1) is 20.1 Å². The van der Waals surface area contributed by atoms with Crippen LogP contribution in [-0.4, -0.2) is 31.1 Å². The minimum atomic E-state index is -1.62. The molecule has 4 bridgehead atoms. The Labute approximate surface area is 176 Å². The van der Waals surface area contributed by atoms with Crippen molar-refractivity contribution in [1.82, 2.24) is 0 Å². The lowest BCUT2D eigenvalue weighted by Crippen LogP contribution is -2.64. The van der Waals surface area contributed by atoms with Crippen molar-refractivity contribution < 1.29 is 9.59 Å². The summed E-state index contributed by atoms with van der Waals surface area (Å²) in [7, 11) is 0. The molecule has 2 nitrogen and oxygen atoms in total. The average Bonchev–Trinajstić information content (AvgIpc) is 2.86. The molecule has 3 saturated carbocycles. The van der Waals surface area contributed by atoms with Crippen molar-refractivity contribution in [3.63, 3.8) is 0 Å². The first-order valence-electron chi connectivity index (χ1n) is 6.91. The van der Waals surface area contributed by atoms with Crippen molar-refractivity contribution in [3.05, 3.63) is 20.1 Å². The third-order valence-corrected chi connectivity index (χ3v) is 11.3. The van der Waals surface area contributed by atoms with Crippen LogP contribution >= 0.6 is 92.8 Å². The number of halogens is 8. The molecule has 0 spiro atoms. The third kappa shape index (κ3) is 1.20. The topological polar surface area (TPSA) is 34.1 Å². The van der Waals surface area contributed by atoms with Gasteiger partial charge in [0.1, 0.15) is 19.5 Å². The third-order valence-electron chi connectivity index (χ3n) is 6.37. The summed E-state index contributed by atoms with van der Waals surface area (Å²) in [5.41, 5.74) is 0. The van der Waals surface area contributed by atoms with Crippen LogP contribution in [0.1, 0.15) is 0 Å². The number of rotatable bonds is 0. The SMILES string of the molecule is O=C1[C@@]2(Cl)C(Cl)=C(Cl)[C@@]1(Cl)C1C2C2C1[C@@]1(Cl)C(=O)[C@@]2(Cl)C(Cl)=C1Cl. The molecule has 0 radical (unpaired) electrons. The maximum absolute atomic E-state index is 12.9. The first-order valence-corrected chi connectivity index (χ1v) is 9.93. The van der Waals surface area contributed by atoms with Crippen LogP contribution < -0.4 is 0 Å². The maximum atomic E-state index is 12.9. The number of allylic oxidation sites excluding steroid dienone is 4. The summed E-state index contributed by atoms with van der Waals surface area (Å²) in [5, 5.41) is -0.0709. The van der Waals surface area contributed by atoms with Crippen molar-refractivity contribution in [2.45, 2.75) is 19.5 Å². The van der Waals surface area contributed by atoms with Crippen LogP contribution in [0.25, 0.3) is 0 Å². The van der Waals surface area contributed by atoms with E-state index in [1.54, 1.807) is 0 Å². The zero-order valence-corrected chi connectivity index (χ0v) is 17.2. The second kappa shape index (κ2) is 4.25. The van der Waals surface area contributed by atoms with Crippen LogP contribution in [0.3, 0.4) is 0 Å². The number of ketones is 2. The lowest BCUT2D eigenvalue weighted by molar-refractivity contribution is -0.121. The van der Waals surface area contributed by atoms with Crippen LogP contribution in [0.2, 0.25) is 0 Å². The van der Waals surface area contributed by atoms with E-state index in [1.807, 2.05) is 0 Å². The van der Waals surface area contributed by atoms with Crippen molar-refractivity contribution in [1.29, 1.82) is 0 Å². The molecule has 0 amide bonds. The number of alkyl halides is 4. The van der Waals surface area contributed by atoms with E-state index in [0.717, 1.165) is 0 Å². The molecular weight excluding hydrogens is 484 g/mol. The monoisotopic (exact) mass is 484 g/mol. The summed E-state index contributed by atoms with van der Waals surface area (Å²) < 4.78 is 0. The first-order chi connectivity index (χ1) is 10.9. The smallest absolute Gasteiger partial charge is 0.186 e. The fourth-order valence-electron chi connectivity index (χ4n) is 5.49. The van der Waals surface area contributed by atoms with E-state index in [-0.39, 0.29) is 20.1 Å². The Hall–Kier alpha value is 1.14. The van der Waals surface area contributed by atoms with Crippen LogP contribution in [0.15, 0.2) is 20.1 Å². The number of Topliss-reactive ketones (excluding diaryl/α,β-unsaturated/α-hetero) is 2. The summed E-state index contributed by atoms with van der Waals surface area (Å²) in [6.45, 7) is 0. The first kappa shape index (κ1) is 17.3. The molecule has 0 aromatic carbocycles. The van der Waals surface area contributed by atoms with E-state index >= 15 is 0 Å². The van der Waals surface area contributed by atoms with Gasteiger partial charge in [0.15, 0.2) is 11.6 Å². The second-order valence-corrected chi connectivity index (χ2v) is 10.8. The van der Waals surface area contributed by atoms with Gasteiger partial charge in [0.2, 0.25) is 0 Å². The van der Waals surface area contributed by atoms with Gasteiger partial charge >= 0.3 is 0 Å². The standard InChI is InChI=1S/C14H4Cl8O2/c15-5-6(16)12(20)2-1(11(5,19)9(12)23)3-4(2)14(22)8(18)7(17)13(3,21)10(14)24/h1-4H/t1?,2?,3?,4?,11-,12-,13-,14-/m0/s1. The summed E-state index contributed by atoms with van der Waals surface area (Å²) in [5.74, 6) is -3.38. The van der Waals surface area contributed by atoms with E-state index in [2.05, 4.69) is 0 Å². The number of carbonyl (C=O) groups is 2. The summed E-state index contributed by atoms with van der Waals surface area (Å²) >= 11 is 51.4. The van der Waals surface area contributed by atoms with E-state index < -0.39 is 54.7 Å². The summed E-state index contributed by atoms with van der Waals surface area (Å²) in [4.78, 5) is 19.3. The molecule has 0 aliphatic heterocycles. The molecular formula is C14H4Cl8O2. The molecule has 0 unspecified atom stereocenters. The molecule has 5 aliphatic rings. The molecule has 10 heteroatoms. The van der Waals surface area contributed by atoms with E-state index in [0.29, 0.717) is 0 Å². The van der Waals surface area contributed by atoms with Crippen LogP contribution in [0.5, 0.6) is 0 Å². The van der Waals surface area contributed by atoms with Gasteiger partial charge in [-0.15, -0.1) is 46.4 Å². The predicted octanol–water partition coefficient (Wildman–Crippen LogP) is 4.95. The maximum Gasteiger partial charge on any atom is 0.186 e. The number of fused-ring (bicyclic) bond motifs is 12. The van der Waals surface area contributed by atoms with Gasteiger partial charge in [-0.1, -0.05) is 46.4 Å². The lowest BCUT2D eigenvalue weighted by Gasteiger charge is -2.59. The zero-order valence-electron chi connectivity index (χ0n) is 11.1. The number of carbonyl (C=O) groups excluding carboxylic acids is 2. The van der Waals surface area contributed by atoms with Crippen molar-refractivity contribution in [2.75, 3.05) is 0 Å². The predicted molar refractivity (Wildman–Crippen MR) is 95.8 cm³/mol. The second-order valence-electron chi connectivity index (χ2n) is 6.86. The van der Waals surface area contributed by atoms with Gasteiger partial charge in [-0.3, -0.25) is 9.59 Å². The molecule has 0 aromatic rings. The van der Waals surface area contributed by atoms with Gasteiger partial charge in [0.25, 0.3) is 0 Å². The van der Waals surface area contributed by atoms with Crippen molar-refractivity contribution >= 4 is 104 Å². The highest BCUT2D eigenvalue weighted by molar-refractivity contribution is 6.65.